The van der Waals surface area contributed by atoms with Crippen molar-refractivity contribution in [3.05, 3.63) is 36.0 Å². The van der Waals surface area contributed by atoms with E-state index in [9.17, 15) is 10.2 Å². The second-order valence-electron chi connectivity index (χ2n) is 5.55. The summed E-state index contributed by atoms with van der Waals surface area (Å²) in [5.74, 6) is 0. The Hall–Kier alpha value is -1.34. The minimum absolute atomic E-state index is 0.297. The predicted octanol–water partition coefficient (Wildman–Crippen LogP) is -0.193. The third-order valence-corrected chi connectivity index (χ3v) is 4.07. The second-order valence-corrected chi connectivity index (χ2v) is 5.55. The predicted molar refractivity (Wildman–Crippen MR) is 82.0 cm³/mol. The van der Waals surface area contributed by atoms with Crippen molar-refractivity contribution in [3.8, 4) is 0 Å². The van der Waals surface area contributed by atoms with Crippen LogP contribution in [-0.4, -0.2) is 60.6 Å². The van der Waals surface area contributed by atoms with E-state index in [1.807, 2.05) is 24.4 Å². The monoisotopic (exact) mass is 289 g/mol. The van der Waals surface area contributed by atoms with E-state index in [-0.39, 0.29) is 6.00 Å². The van der Waals surface area contributed by atoms with E-state index in [1.54, 1.807) is 7.85 Å². The van der Waals surface area contributed by atoms with E-state index in [2.05, 4.69) is 11.1 Å². The zero-order valence-electron chi connectivity index (χ0n) is 12.0. The van der Waals surface area contributed by atoms with E-state index in [4.69, 9.17) is 9.47 Å². The van der Waals surface area contributed by atoms with Crippen molar-refractivity contribution >= 4 is 18.7 Å². The first-order chi connectivity index (χ1) is 10.2. The first-order valence-electron chi connectivity index (χ1n) is 7.31. The normalized spacial score (nSPS) is 29.2. The lowest BCUT2D eigenvalue weighted by atomic mass is 9.93. The number of rotatable bonds is 5. The average Bonchev–Trinajstić information content (AvgIpc) is 3.01. The van der Waals surface area contributed by atoms with Crippen LogP contribution in [0.1, 0.15) is 5.56 Å². The molecule has 1 aromatic heterocycles. The molecule has 2 heterocycles. The van der Waals surface area contributed by atoms with Crippen LogP contribution in [0, 0.1) is 0 Å². The van der Waals surface area contributed by atoms with Crippen LogP contribution in [-0.2, 0) is 15.9 Å². The van der Waals surface area contributed by atoms with Crippen molar-refractivity contribution < 1.29 is 19.7 Å². The van der Waals surface area contributed by atoms with Gasteiger partial charge in [-0.05, 0) is 18.1 Å². The zero-order chi connectivity index (χ0) is 14.8. The Bertz CT molecular complexity index is 602. The Labute approximate surface area is 124 Å². The molecule has 1 fully saturated rings. The summed E-state index contributed by atoms with van der Waals surface area (Å²) >= 11 is 0. The Morgan fingerprint density at radius 2 is 2.05 bits per heavy atom. The van der Waals surface area contributed by atoms with Crippen LogP contribution in [0.2, 0.25) is 0 Å². The number of nitrogens with one attached hydrogen (secondary N) is 1. The summed E-state index contributed by atoms with van der Waals surface area (Å²) in [6.07, 6.45) is 0.657. The zero-order valence-corrected chi connectivity index (χ0v) is 12.0. The van der Waals surface area contributed by atoms with Gasteiger partial charge < -0.3 is 24.7 Å². The molecule has 3 N–H and O–H groups in total. The fourth-order valence-electron chi connectivity index (χ4n) is 2.79. The minimum atomic E-state index is -0.868. The van der Waals surface area contributed by atoms with E-state index in [0.29, 0.717) is 13.2 Å². The number of aliphatic hydroxyl groups excluding tert-OH is 2. The molecule has 6 heteroatoms. The number of aromatic nitrogens is 1. The molecule has 0 amide bonds. The maximum atomic E-state index is 9.79. The van der Waals surface area contributed by atoms with Crippen LogP contribution in [0.15, 0.2) is 30.5 Å². The lowest BCUT2D eigenvalue weighted by molar-refractivity contribution is -0.0327. The minimum Gasteiger partial charge on any atom is -0.388 e. The first kappa shape index (κ1) is 14.6. The molecule has 0 spiro atoms. The van der Waals surface area contributed by atoms with Gasteiger partial charge in [0.1, 0.15) is 26.2 Å². The average molecular weight is 289 g/mol. The highest BCUT2D eigenvalue weighted by Gasteiger charge is 2.39. The number of hydrogen-bond acceptors (Lipinski definition) is 4. The van der Waals surface area contributed by atoms with Crippen LogP contribution < -0.4 is 0 Å². The summed E-state index contributed by atoms with van der Waals surface area (Å²) in [6, 6.07) is 7.81. The topological polar surface area (TPSA) is 74.7 Å². The number of benzene rings is 1. The van der Waals surface area contributed by atoms with Gasteiger partial charge in [0.05, 0.1) is 19.2 Å². The van der Waals surface area contributed by atoms with E-state index >= 15 is 0 Å². The van der Waals surface area contributed by atoms with Crippen molar-refractivity contribution in [1.29, 1.82) is 0 Å². The van der Waals surface area contributed by atoms with Gasteiger partial charge in [-0.2, -0.15) is 0 Å². The van der Waals surface area contributed by atoms with Gasteiger partial charge >= 0.3 is 0 Å². The third-order valence-electron chi connectivity index (χ3n) is 4.07. The highest BCUT2D eigenvalue weighted by Crippen LogP contribution is 2.20. The summed E-state index contributed by atoms with van der Waals surface area (Å²) in [5, 5.41) is 20.6. The Kier molecular flexibility index (Phi) is 4.31. The van der Waals surface area contributed by atoms with Gasteiger partial charge in [-0.15, -0.1) is 0 Å². The lowest BCUT2D eigenvalue weighted by Gasteiger charge is -2.14. The van der Waals surface area contributed by atoms with Crippen LogP contribution in [0.4, 0.5) is 0 Å². The molecule has 1 aliphatic heterocycles. The second kappa shape index (κ2) is 6.19. The number of ether oxygens (including phenoxy) is 2. The van der Waals surface area contributed by atoms with Gasteiger partial charge in [0, 0.05) is 17.1 Å². The summed E-state index contributed by atoms with van der Waals surface area (Å²) in [5.41, 5.74) is 2.34. The Morgan fingerprint density at radius 1 is 1.24 bits per heavy atom. The molecule has 0 bridgehead atoms. The van der Waals surface area contributed by atoms with Gasteiger partial charge in [-0.3, -0.25) is 0 Å². The van der Waals surface area contributed by atoms with Crippen LogP contribution in [0.3, 0.4) is 0 Å². The highest BCUT2D eigenvalue weighted by molar-refractivity contribution is 6.11. The first-order valence-corrected chi connectivity index (χ1v) is 7.31. The van der Waals surface area contributed by atoms with Crippen molar-refractivity contribution in [3.63, 3.8) is 0 Å². The van der Waals surface area contributed by atoms with Crippen LogP contribution in [0.5, 0.6) is 0 Å². The number of para-hydroxylation sites is 1. The van der Waals surface area contributed by atoms with Crippen molar-refractivity contribution in [2.75, 3.05) is 13.2 Å². The quantitative estimate of drug-likeness (QED) is 0.527. The fourth-order valence-corrected chi connectivity index (χ4v) is 2.79. The van der Waals surface area contributed by atoms with Gasteiger partial charge in [0.25, 0.3) is 0 Å². The highest BCUT2D eigenvalue weighted by atomic mass is 16.6. The molecule has 3 rings (SSSR count). The molecule has 4 unspecified atom stereocenters. The van der Waals surface area contributed by atoms with Crippen molar-refractivity contribution in [2.45, 2.75) is 30.7 Å². The number of fused-ring (bicyclic) bond motifs is 1. The SMILES string of the molecule is BC1OC(COCCc2c[nH]c3ccccc23)C(O)C1O. The Balaban J connectivity index is 1.49. The third kappa shape index (κ3) is 2.99. The summed E-state index contributed by atoms with van der Waals surface area (Å²) < 4.78 is 11.1. The van der Waals surface area contributed by atoms with E-state index in [0.717, 1.165) is 11.9 Å². The van der Waals surface area contributed by atoms with Gasteiger partial charge in [-0.25, -0.2) is 0 Å². The van der Waals surface area contributed by atoms with Crippen LogP contribution >= 0.6 is 0 Å². The van der Waals surface area contributed by atoms with Gasteiger partial charge in [0.15, 0.2) is 0 Å². The molecular formula is C15H20BNO4. The maximum absolute atomic E-state index is 9.79. The summed E-state index contributed by atoms with van der Waals surface area (Å²) in [4.78, 5) is 3.24. The molecule has 1 saturated heterocycles. The molecule has 2 aromatic rings. The van der Waals surface area contributed by atoms with E-state index < -0.39 is 18.3 Å². The van der Waals surface area contributed by atoms with Crippen LogP contribution in [0.25, 0.3) is 10.9 Å². The maximum Gasteiger partial charge on any atom is 0.142 e. The number of H-pyrrole nitrogens is 1. The summed E-state index contributed by atoms with van der Waals surface area (Å²) in [6.45, 7) is 0.851. The molecule has 1 aromatic carbocycles. The molecular weight excluding hydrogens is 269 g/mol. The van der Waals surface area contributed by atoms with Crippen molar-refractivity contribution in [1.82, 2.24) is 4.98 Å². The number of aliphatic hydroxyl groups is 2. The molecule has 112 valence electrons. The molecule has 0 aliphatic carbocycles. The Morgan fingerprint density at radius 3 is 2.81 bits per heavy atom. The number of aromatic amines is 1. The van der Waals surface area contributed by atoms with E-state index in [1.165, 1.54) is 10.9 Å². The molecule has 0 radical (unpaired) electrons. The number of hydrogen-bond donors (Lipinski definition) is 3. The lowest BCUT2D eigenvalue weighted by Crippen LogP contribution is -2.34. The molecule has 4 atom stereocenters. The molecule has 21 heavy (non-hydrogen) atoms. The van der Waals surface area contributed by atoms with Gasteiger partial charge in [-0.1, -0.05) is 18.2 Å². The standard InChI is InChI=1S/C15H20BNO4/c16-15-14(19)13(18)12(21-15)8-20-6-5-9-7-17-11-4-2-1-3-10(9)11/h1-4,7,12-15,17-19H,5-6,8,16H2. The fraction of sp³-hybridized carbons (Fsp3) is 0.467. The largest absolute Gasteiger partial charge is 0.388 e. The smallest absolute Gasteiger partial charge is 0.142 e. The van der Waals surface area contributed by atoms with Crippen molar-refractivity contribution in [2.24, 2.45) is 0 Å². The molecule has 1 aliphatic rings. The molecule has 5 nitrogen and oxygen atoms in total. The van der Waals surface area contributed by atoms with Gasteiger partial charge in [0.2, 0.25) is 0 Å². The summed E-state index contributed by atoms with van der Waals surface area (Å²) in [7, 11) is 1.75. The molecule has 0 saturated carbocycles.